The number of hydrogen-bond acceptors (Lipinski definition) is 0. The van der Waals surface area contributed by atoms with E-state index < -0.39 is 0 Å². The predicted octanol–water partition coefficient (Wildman–Crippen LogP) is 2.32. The van der Waals surface area contributed by atoms with Gasteiger partial charge in [0, 0.05) is 11.0 Å². The van der Waals surface area contributed by atoms with Gasteiger partial charge in [0.25, 0.3) is 0 Å². The zero-order valence-corrected chi connectivity index (χ0v) is 5.23. The largest absolute Gasteiger partial charge is 0.0888 e. The summed E-state index contributed by atoms with van der Waals surface area (Å²) >= 11 is 5.76. The van der Waals surface area contributed by atoms with Crippen molar-refractivity contribution in [2.24, 2.45) is 11.8 Å². The Morgan fingerprint density at radius 3 is 3.00 bits per heavy atom. The van der Waals surface area contributed by atoms with Gasteiger partial charge in [0.15, 0.2) is 0 Å². The van der Waals surface area contributed by atoms with Crippen molar-refractivity contribution in [1.82, 2.24) is 0 Å². The Morgan fingerprint density at radius 1 is 1.62 bits per heavy atom. The molecule has 0 aromatic carbocycles. The first-order valence-electron chi connectivity index (χ1n) is 2.92. The SMILES string of the molecule is ClC1=CC2CC=CC12. The summed E-state index contributed by atoms with van der Waals surface area (Å²) in [5.41, 5.74) is 0. The van der Waals surface area contributed by atoms with Crippen LogP contribution in [0.1, 0.15) is 6.42 Å². The molecule has 0 amide bonds. The molecule has 2 atom stereocenters. The first-order chi connectivity index (χ1) is 3.88. The Kier molecular flexibility index (Phi) is 0.800. The third-order valence-electron chi connectivity index (χ3n) is 1.90. The summed E-state index contributed by atoms with van der Waals surface area (Å²) in [5, 5.41) is 1.05. The quantitative estimate of drug-likeness (QED) is 0.437. The zero-order chi connectivity index (χ0) is 5.56. The van der Waals surface area contributed by atoms with E-state index in [2.05, 4.69) is 18.2 Å². The summed E-state index contributed by atoms with van der Waals surface area (Å²) < 4.78 is 0. The molecule has 0 bridgehead atoms. The second-order valence-electron chi connectivity index (χ2n) is 2.41. The Bertz CT molecular complexity index is 167. The maximum absolute atomic E-state index is 5.76. The Morgan fingerprint density at radius 2 is 2.50 bits per heavy atom. The number of fused-ring (bicyclic) bond motifs is 1. The van der Waals surface area contributed by atoms with Crippen molar-refractivity contribution >= 4 is 11.6 Å². The van der Waals surface area contributed by atoms with Gasteiger partial charge in [-0.05, 0) is 12.3 Å². The second-order valence-corrected chi connectivity index (χ2v) is 2.84. The minimum absolute atomic E-state index is 0.608. The lowest BCUT2D eigenvalue weighted by Crippen LogP contribution is -2.15. The molecular formula is C7H7Cl. The molecule has 0 aromatic heterocycles. The molecule has 2 rings (SSSR count). The average molecular weight is 127 g/mol. The highest BCUT2D eigenvalue weighted by Crippen LogP contribution is 2.43. The summed E-state index contributed by atoms with van der Waals surface area (Å²) in [5.74, 6) is 1.37. The van der Waals surface area contributed by atoms with Crippen LogP contribution < -0.4 is 0 Å². The molecule has 42 valence electrons. The summed E-state index contributed by atoms with van der Waals surface area (Å²) in [4.78, 5) is 0. The fourth-order valence-corrected chi connectivity index (χ4v) is 1.73. The first kappa shape index (κ1) is 4.63. The second kappa shape index (κ2) is 1.38. The Hall–Kier alpha value is -0.230. The van der Waals surface area contributed by atoms with Crippen LogP contribution >= 0.6 is 11.6 Å². The summed E-state index contributed by atoms with van der Waals surface area (Å²) in [7, 11) is 0. The van der Waals surface area contributed by atoms with Crippen LogP contribution in [-0.4, -0.2) is 0 Å². The maximum Gasteiger partial charge on any atom is 0.0219 e. The van der Waals surface area contributed by atoms with Crippen LogP contribution in [-0.2, 0) is 0 Å². The van der Waals surface area contributed by atoms with Gasteiger partial charge < -0.3 is 0 Å². The van der Waals surface area contributed by atoms with E-state index in [-0.39, 0.29) is 0 Å². The van der Waals surface area contributed by atoms with Gasteiger partial charge in [-0.15, -0.1) is 0 Å². The minimum atomic E-state index is 0.608. The molecule has 0 aromatic rings. The van der Waals surface area contributed by atoms with Crippen LogP contribution in [0.3, 0.4) is 0 Å². The van der Waals surface area contributed by atoms with Gasteiger partial charge in [0.05, 0.1) is 0 Å². The average Bonchev–Trinajstić information content (AvgIpc) is 2.09. The van der Waals surface area contributed by atoms with Crippen LogP contribution in [0.4, 0.5) is 0 Å². The van der Waals surface area contributed by atoms with Gasteiger partial charge in [0.2, 0.25) is 0 Å². The Labute approximate surface area is 53.8 Å². The smallest absolute Gasteiger partial charge is 0.0219 e. The molecule has 8 heavy (non-hydrogen) atoms. The van der Waals surface area contributed by atoms with Gasteiger partial charge in [-0.25, -0.2) is 0 Å². The van der Waals surface area contributed by atoms with Crippen molar-refractivity contribution in [3.8, 4) is 0 Å². The van der Waals surface area contributed by atoms with Crippen molar-refractivity contribution in [2.45, 2.75) is 6.42 Å². The van der Waals surface area contributed by atoms with Crippen LogP contribution in [0.2, 0.25) is 0 Å². The van der Waals surface area contributed by atoms with E-state index in [9.17, 15) is 0 Å². The van der Waals surface area contributed by atoms with Crippen LogP contribution in [0, 0.1) is 11.8 Å². The molecule has 0 saturated heterocycles. The zero-order valence-electron chi connectivity index (χ0n) is 4.47. The van der Waals surface area contributed by atoms with E-state index in [4.69, 9.17) is 11.6 Å². The van der Waals surface area contributed by atoms with Crippen molar-refractivity contribution in [1.29, 1.82) is 0 Å². The third kappa shape index (κ3) is 0.416. The maximum atomic E-state index is 5.76. The van der Waals surface area contributed by atoms with Gasteiger partial charge in [-0.1, -0.05) is 29.8 Å². The van der Waals surface area contributed by atoms with E-state index in [0.29, 0.717) is 5.92 Å². The summed E-state index contributed by atoms with van der Waals surface area (Å²) in [6.07, 6.45) is 7.77. The third-order valence-corrected chi connectivity index (χ3v) is 2.28. The molecule has 0 saturated carbocycles. The number of allylic oxidation sites excluding steroid dienone is 4. The summed E-state index contributed by atoms with van der Waals surface area (Å²) in [6.45, 7) is 0. The van der Waals surface area contributed by atoms with Gasteiger partial charge >= 0.3 is 0 Å². The van der Waals surface area contributed by atoms with Gasteiger partial charge in [-0.3, -0.25) is 0 Å². The molecule has 0 radical (unpaired) electrons. The predicted molar refractivity (Wildman–Crippen MR) is 34.7 cm³/mol. The molecule has 2 aliphatic rings. The van der Waals surface area contributed by atoms with E-state index in [0.717, 1.165) is 11.0 Å². The van der Waals surface area contributed by atoms with Crippen LogP contribution in [0.5, 0.6) is 0 Å². The van der Waals surface area contributed by atoms with Crippen molar-refractivity contribution in [2.75, 3.05) is 0 Å². The highest BCUT2D eigenvalue weighted by atomic mass is 35.5. The van der Waals surface area contributed by atoms with Crippen molar-refractivity contribution in [3.63, 3.8) is 0 Å². The van der Waals surface area contributed by atoms with Gasteiger partial charge in [-0.2, -0.15) is 0 Å². The summed E-state index contributed by atoms with van der Waals surface area (Å²) in [6, 6.07) is 0. The number of hydrogen-bond donors (Lipinski definition) is 0. The molecule has 1 heteroatoms. The number of halogens is 1. The molecule has 0 nitrogen and oxygen atoms in total. The minimum Gasteiger partial charge on any atom is -0.0888 e. The van der Waals surface area contributed by atoms with Crippen molar-refractivity contribution in [3.05, 3.63) is 23.3 Å². The lowest BCUT2D eigenvalue weighted by molar-refractivity contribution is 0.532. The normalized spacial score (nSPS) is 40.9. The molecule has 0 N–H and O–H groups in total. The molecule has 2 aliphatic carbocycles. The monoisotopic (exact) mass is 126 g/mol. The molecule has 0 spiro atoms. The van der Waals surface area contributed by atoms with E-state index in [1.165, 1.54) is 6.42 Å². The lowest BCUT2D eigenvalue weighted by Gasteiger charge is -2.24. The van der Waals surface area contributed by atoms with Crippen molar-refractivity contribution < 1.29 is 0 Å². The van der Waals surface area contributed by atoms with E-state index in [1.807, 2.05) is 0 Å². The number of rotatable bonds is 0. The molecule has 0 fully saturated rings. The fourth-order valence-electron chi connectivity index (χ4n) is 1.34. The lowest BCUT2D eigenvalue weighted by atomic mass is 9.85. The Balaban J connectivity index is 2.27. The molecule has 0 heterocycles. The fraction of sp³-hybridized carbons (Fsp3) is 0.429. The molecular weight excluding hydrogens is 120 g/mol. The van der Waals surface area contributed by atoms with E-state index in [1.54, 1.807) is 0 Å². The highest BCUT2D eigenvalue weighted by molar-refractivity contribution is 6.30. The van der Waals surface area contributed by atoms with Crippen LogP contribution in [0.25, 0.3) is 0 Å². The standard InChI is InChI=1S/C7H7Cl/c8-7-4-5-2-1-3-6(5)7/h1,3-6H,2H2. The van der Waals surface area contributed by atoms with E-state index >= 15 is 0 Å². The highest BCUT2D eigenvalue weighted by Gasteiger charge is 2.31. The van der Waals surface area contributed by atoms with Gasteiger partial charge in [0.1, 0.15) is 0 Å². The van der Waals surface area contributed by atoms with Crippen LogP contribution in [0.15, 0.2) is 23.3 Å². The topological polar surface area (TPSA) is 0 Å². The molecule has 0 aliphatic heterocycles. The first-order valence-corrected chi connectivity index (χ1v) is 3.29. The molecule has 2 unspecified atom stereocenters.